The third-order valence-electron chi connectivity index (χ3n) is 5.29. The first-order chi connectivity index (χ1) is 14.6. The molecule has 0 spiro atoms. The predicted octanol–water partition coefficient (Wildman–Crippen LogP) is 4.31. The number of amides is 1. The lowest BCUT2D eigenvalue weighted by molar-refractivity contribution is 0.0726. The zero-order chi connectivity index (χ0) is 20.9. The summed E-state index contributed by atoms with van der Waals surface area (Å²) in [6, 6.07) is 9.13. The van der Waals surface area contributed by atoms with Crippen molar-refractivity contribution in [3.63, 3.8) is 0 Å². The fourth-order valence-corrected chi connectivity index (χ4v) is 3.94. The number of carbonyl (C=O) groups excluding carboxylic acids is 1. The van der Waals surface area contributed by atoms with Crippen molar-refractivity contribution < 1.29 is 4.79 Å². The highest BCUT2D eigenvalue weighted by Gasteiger charge is 2.20. The molecule has 0 N–H and O–H groups in total. The van der Waals surface area contributed by atoms with E-state index < -0.39 is 0 Å². The van der Waals surface area contributed by atoms with Crippen LogP contribution in [0.5, 0.6) is 0 Å². The lowest BCUT2D eigenvalue weighted by Gasteiger charge is -2.26. The fraction of sp³-hybridized carbons (Fsp3) is 0.318. The number of hydrogen-bond donors (Lipinski definition) is 0. The van der Waals surface area contributed by atoms with Crippen molar-refractivity contribution in [1.29, 1.82) is 0 Å². The molecule has 0 aliphatic carbocycles. The van der Waals surface area contributed by atoms with Crippen LogP contribution in [0.3, 0.4) is 0 Å². The molecule has 1 fully saturated rings. The van der Waals surface area contributed by atoms with Crippen molar-refractivity contribution >= 4 is 29.1 Å². The number of halogens is 2. The van der Waals surface area contributed by atoms with E-state index >= 15 is 0 Å². The van der Waals surface area contributed by atoms with E-state index in [4.69, 9.17) is 23.2 Å². The van der Waals surface area contributed by atoms with Gasteiger partial charge < -0.3 is 9.80 Å². The first kappa shape index (κ1) is 20.8. The largest absolute Gasteiger partial charge is 0.333 e. The molecular formula is C22H23Cl2N5O. The first-order valence-corrected chi connectivity index (χ1v) is 10.8. The summed E-state index contributed by atoms with van der Waals surface area (Å²) < 4.78 is 1.80. The van der Waals surface area contributed by atoms with Gasteiger partial charge in [0, 0.05) is 38.2 Å². The van der Waals surface area contributed by atoms with Crippen LogP contribution in [0.25, 0.3) is 5.82 Å². The molecule has 1 aromatic carbocycles. The van der Waals surface area contributed by atoms with E-state index in [1.807, 2.05) is 35.4 Å². The Kier molecular flexibility index (Phi) is 6.67. The lowest BCUT2D eigenvalue weighted by Crippen LogP contribution is -2.37. The van der Waals surface area contributed by atoms with E-state index in [2.05, 4.69) is 14.9 Å². The van der Waals surface area contributed by atoms with Crippen molar-refractivity contribution in [2.75, 3.05) is 26.2 Å². The van der Waals surface area contributed by atoms with Gasteiger partial charge in [0.1, 0.15) is 12.1 Å². The molecule has 8 heteroatoms. The second-order valence-corrected chi connectivity index (χ2v) is 8.21. The average Bonchev–Trinajstić information content (AvgIpc) is 3.47. The van der Waals surface area contributed by atoms with E-state index in [1.165, 1.54) is 12.8 Å². The summed E-state index contributed by atoms with van der Waals surface area (Å²) in [5.41, 5.74) is 1.50. The zero-order valence-corrected chi connectivity index (χ0v) is 18.1. The van der Waals surface area contributed by atoms with Crippen molar-refractivity contribution in [3.05, 3.63) is 76.4 Å². The maximum absolute atomic E-state index is 13.3. The molecule has 0 radical (unpaired) electrons. The molecule has 0 unspecified atom stereocenters. The van der Waals surface area contributed by atoms with Crippen LogP contribution in [-0.4, -0.2) is 56.4 Å². The van der Waals surface area contributed by atoms with Gasteiger partial charge >= 0.3 is 0 Å². The SMILES string of the molecule is O=C(c1ccc(-n2ccnc2)nc1)N(CCN1CCCC1)Cc1ccc(Cl)c(Cl)c1. The van der Waals surface area contributed by atoms with Gasteiger partial charge in [0.25, 0.3) is 5.91 Å². The molecule has 2 aromatic heterocycles. The maximum Gasteiger partial charge on any atom is 0.255 e. The van der Waals surface area contributed by atoms with Crippen LogP contribution >= 0.6 is 23.2 Å². The number of imidazole rings is 1. The van der Waals surface area contributed by atoms with E-state index in [9.17, 15) is 4.79 Å². The Morgan fingerprint density at radius 3 is 2.60 bits per heavy atom. The number of benzene rings is 1. The summed E-state index contributed by atoms with van der Waals surface area (Å²) in [5.74, 6) is 0.669. The van der Waals surface area contributed by atoms with Gasteiger partial charge in [-0.25, -0.2) is 9.97 Å². The summed E-state index contributed by atoms with van der Waals surface area (Å²) in [6.07, 6.45) is 9.25. The van der Waals surface area contributed by atoms with Crippen molar-refractivity contribution in [3.8, 4) is 5.82 Å². The van der Waals surface area contributed by atoms with Crippen LogP contribution in [-0.2, 0) is 6.54 Å². The van der Waals surface area contributed by atoms with E-state index in [0.717, 1.165) is 31.0 Å². The molecule has 6 nitrogen and oxygen atoms in total. The number of carbonyl (C=O) groups is 1. The van der Waals surface area contributed by atoms with Gasteiger partial charge in [-0.2, -0.15) is 0 Å². The lowest BCUT2D eigenvalue weighted by atomic mass is 10.1. The standard InChI is InChI=1S/C22H23Cl2N5O/c23-19-5-3-17(13-20(19)24)15-28(12-11-27-8-1-2-9-27)22(30)18-4-6-21(26-14-18)29-10-7-25-16-29/h3-7,10,13-14,16H,1-2,8-9,11-12,15H2. The van der Waals surface area contributed by atoms with Crippen molar-refractivity contribution in [1.82, 2.24) is 24.3 Å². The quantitative estimate of drug-likeness (QED) is 0.545. The zero-order valence-electron chi connectivity index (χ0n) is 16.5. The molecular weight excluding hydrogens is 421 g/mol. The molecule has 156 valence electrons. The Hall–Kier alpha value is -2.41. The molecule has 0 atom stereocenters. The van der Waals surface area contributed by atoms with Gasteiger partial charge in [-0.3, -0.25) is 9.36 Å². The van der Waals surface area contributed by atoms with Gasteiger partial charge in [0.2, 0.25) is 0 Å². The molecule has 1 aliphatic heterocycles. The van der Waals surface area contributed by atoms with Gasteiger partial charge in [0.05, 0.1) is 15.6 Å². The highest BCUT2D eigenvalue weighted by molar-refractivity contribution is 6.42. The molecule has 4 rings (SSSR count). The monoisotopic (exact) mass is 443 g/mol. The average molecular weight is 444 g/mol. The molecule has 3 heterocycles. The predicted molar refractivity (Wildman–Crippen MR) is 118 cm³/mol. The smallest absolute Gasteiger partial charge is 0.255 e. The summed E-state index contributed by atoms with van der Waals surface area (Å²) in [4.78, 5) is 26.0. The summed E-state index contributed by atoms with van der Waals surface area (Å²) >= 11 is 12.2. The Labute approximate surface area is 186 Å². The molecule has 1 saturated heterocycles. The number of rotatable bonds is 7. The van der Waals surface area contributed by atoms with E-state index in [-0.39, 0.29) is 5.91 Å². The summed E-state index contributed by atoms with van der Waals surface area (Å²) in [7, 11) is 0. The van der Waals surface area contributed by atoms with Crippen LogP contribution in [0.15, 0.2) is 55.2 Å². The summed E-state index contributed by atoms with van der Waals surface area (Å²) in [6.45, 7) is 4.15. The minimum Gasteiger partial charge on any atom is -0.333 e. The summed E-state index contributed by atoms with van der Waals surface area (Å²) in [5, 5.41) is 1.00. The molecule has 1 aliphatic rings. The van der Waals surface area contributed by atoms with Gasteiger partial charge in [-0.1, -0.05) is 29.3 Å². The van der Waals surface area contributed by atoms with Crippen molar-refractivity contribution in [2.24, 2.45) is 0 Å². The van der Waals surface area contributed by atoms with Crippen LogP contribution in [0, 0.1) is 0 Å². The Bertz CT molecular complexity index is 985. The number of hydrogen-bond acceptors (Lipinski definition) is 4. The van der Waals surface area contributed by atoms with Crippen LogP contribution in [0.2, 0.25) is 10.0 Å². The highest BCUT2D eigenvalue weighted by Crippen LogP contribution is 2.24. The topological polar surface area (TPSA) is 54.3 Å². The Balaban J connectivity index is 1.52. The third-order valence-corrected chi connectivity index (χ3v) is 6.03. The normalized spacial score (nSPS) is 14.2. The van der Waals surface area contributed by atoms with E-state index in [1.54, 1.807) is 29.4 Å². The molecule has 3 aromatic rings. The van der Waals surface area contributed by atoms with Gasteiger partial charge in [0.15, 0.2) is 0 Å². The van der Waals surface area contributed by atoms with Gasteiger partial charge in [-0.05, 0) is 55.8 Å². The molecule has 30 heavy (non-hydrogen) atoms. The van der Waals surface area contributed by atoms with Crippen LogP contribution in [0.4, 0.5) is 0 Å². The number of pyridine rings is 1. The fourth-order valence-electron chi connectivity index (χ4n) is 3.62. The number of aromatic nitrogens is 3. The van der Waals surface area contributed by atoms with Crippen molar-refractivity contribution in [2.45, 2.75) is 19.4 Å². The second-order valence-electron chi connectivity index (χ2n) is 7.40. The van der Waals surface area contributed by atoms with Gasteiger partial charge in [-0.15, -0.1) is 0 Å². The minimum atomic E-state index is -0.0510. The maximum atomic E-state index is 13.3. The van der Waals surface area contributed by atoms with E-state index in [0.29, 0.717) is 28.7 Å². The first-order valence-electron chi connectivity index (χ1n) is 10.00. The Morgan fingerprint density at radius 2 is 1.93 bits per heavy atom. The third kappa shape index (κ3) is 5.01. The van der Waals surface area contributed by atoms with Crippen LogP contribution < -0.4 is 0 Å². The van der Waals surface area contributed by atoms with Crippen LogP contribution in [0.1, 0.15) is 28.8 Å². The molecule has 1 amide bonds. The molecule has 0 bridgehead atoms. The molecule has 0 saturated carbocycles. The highest BCUT2D eigenvalue weighted by atomic mass is 35.5. The Morgan fingerprint density at radius 1 is 1.10 bits per heavy atom. The number of likely N-dealkylation sites (tertiary alicyclic amines) is 1. The second kappa shape index (κ2) is 9.60. The number of nitrogens with zero attached hydrogens (tertiary/aromatic N) is 5. The minimum absolute atomic E-state index is 0.0510.